The highest BCUT2D eigenvalue weighted by atomic mass is 32.1. The zero-order valence-electron chi connectivity index (χ0n) is 21.5. The number of hydrogen-bond acceptors (Lipinski definition) is 9. The summed E-state index contributed by atoms with van der Waals surface area (Å²) in [4.78, 5) is 44.2. The van der Waals surface area contributed by atoms with Crippen LogP contribution < -0.4 is 0 Å². The average Bonchev–Trinajstić information content (AvgIpc) is 3.11. The normalized spacial score (nSPS) is 43.3. The first-order valence-electron chi connectivity index (χ1n) is 12.8. The Labute approximate surface area is 215 Å². The minimum Gasteiger partial charge on any atom is -0.460 e. The van der Waals surface area contributed by atoms with E-state index in [0.717, 1.165) is 29.1 Å². The molecule has 0 aromatic carbocycles. The predicted molar refractivity (Wildman–Crippen MR) is 132 cm³/mol. The van der Waals surface area contributed by atoms with Crippen molar-refractivity contribution >= 4 is 35.1 Å². The number of esters is 2. The number of Topliss-reactive ketones (excluding diaryl/α,β-unsaturated/α-hetero) is 1. The number of aryl methyl sites for hydroxylation is 1. The fourth-order valence-corrected chi connectivity index (χ4v) is 7.24. The van der Waals surface area contributed by atoms with Crippen LogP contribution in [-0.2, 0) is 28.6 Å². The fourth-order valence-electron chi connectivity index (χ4n) is 6.67. The summed E-state index contributed by atoms with van der Waals surface area (Å²) in [6, 6.07) is 0. The van der Waals surface area contributed by atoms with Crippen LogP contribution in [0.1, 0.15) is 70.5 Å². The van der Waals surface area contributed by atoms with Crippen molar-refractivity contribution in [2.45, 2.75) is 96.7 Å². The summed E-state index contributed by atoms with van der Waals surface area (Å²) < 4.78 is 17.7. The molecule has 3 saturated heterocycles. The van der Waals surface area contributed by atoms with E-state index in [1.165, 1.54) is 0 Å². The monoisotopic (exact) mass is 517 g/mol. The number of cyclic esters (lactones) is 1. The standard InChI is InChI=1S/C27H35NO7S/c1-13(9-16-12-36-15(3)28-16)18-10-19-26(4,35-19)8-6-7-17-22-25(32)34-20(11-21(29)33-18)27(22,5)24(31)14(2)23(17)30/h9,12,14,17-20,22-23,30H,6-8,10-11H2,1-5H3/b13-9+/t14-,17-,18+,19+,20+,22?,23-,26-,27+/m1/s1. The van der Waals surface area contributed by atoms with Crippen LogP contribution >= 0.6 is 11.3 Å². The van der Waals surface area contributed by atoms with Crippen LogP contribution in [0.5, 0.6) is 0 Å². The van der Waals surface area contributed by atoms with Gasteiger partial charge in [-0.15, -0.1) is 11.3 Å². The molecule has 4 aliphatic rings. The molecule has 0 radical (unpaired) electrons. The molecule has 0 spiro atoms. The Balaban J connectivity index is 1.46. The van der Waals surface area contributed by atoms with Crippen molar-refractivity contribution in [3.05, 3.63) is 21.7 Å². The number of fused-ring (bicyclic) bond motifs is 1. The number of rotatable bonds is 2. The summed E-state index contributed by atoms with van der Waals surface area (Å²) in [5.41, 5.74) is 0.146. The quantitative estimate of drug-likeness (QED) is 0.467. The largest absolute Gasteiger partial charge is 0.460 e. The highest BCUT2D eigenvalue weighted by Crippen LogP contribution is 2.55. The highest BCUT2D eigenvalue weighted by Gasteiger charge is 2.67. The number of ether oxygens (including phenoxy) is 3. The lowest BCUT2D eigenvalue weighted by Crippen LogP contribution is -2.57. The Morgan fingerprint density at radius 2 is 1.97 bits per heavy atom. The molecule has 1 aromatic heterocycles. The van der Waals surface area contributed by atoms with E-state index in [1.807, 2.05) is 25.3 Å². The highest BCUT2D eigenvalue weighted by molar-refractivity contribution is 7.09. The lowest BCUT2D eigenvalue weighted by molar-refractivity contribution is -0.158. The Bertz CT molecular complexity index is 1110. The number of ketones is 1. The number of aliphatic hydroxyl groups is 1. The summed E-state index contributed by atoms with van der Waals surface area (Å²) >= 11 is 1.55. The summed E-state index contributed by atoms with van der Waals surface area (Å²) in [6.45, 7) is 9.34. The van der Waals surface area contributed by atoms with Crippen molar-refractivity contribution in [3.8, 4) is 0 Å². The van der Waals surface area contributed by atoms with E-state index in [4.69, 9.17) is 14.2 Å². The van der Waals surface area contributed by atoms with Gasteiger partial charge in [0.1, 0.15) is 18.0 Å². The molecule has 9 heteroatoms. The first-order valence-corrected chi connectivity index (χ1v) is 13.7. The van der Waals surface area contributed by atoms with E-state index in [-0.39, 0.29) is 23.9 Å². The lowest BCUT2D eigenvalue weighted by atomic mass is 9.55. The van der Waals surface area contributed by atoms with Crippen molar-refractivity contribution in [2.75, 3.05) is 0 Å². The van der Waals surface area contributed by atoms with Crippen LogP contribution in [0.3, 0.4) is 0 Å². The van der Waals surface area contributed by atoms with Crippen molar-refractivity contribution in [2.24, 2.45) is 23.2 Å². The van der Waals surface area contributed by atoms with Crippen LogP contribution in [0.15, 0.2) is 11.0 Å². The number of carbonyl (C=O) groups is 3. The van der Waals surface area contributed by atoms with Crippen LogP contribution in [0.2, 0.25) is 0 Å². The zero-order valence-corrected chi connectivity index (χ0v) is 22.3. The zero-order chi connectivity index (χ0) is 26.0. The first-order chi connectivity index (χ1) is 16.9. The molecule has 1 unspecified atom stereocenters. The number of nitrogens with zero attached hydrogens (tertiary/aromatic N) is 1. The molecular weight excluding hydrogens is 482 g/mol. The van der Waals surface area contributed by atoms with Gasteiger partial charge in [-0.05, 0) is 58.1 Å². The maximum atomic E-state index is 13.4. The molecule has 1 N–H and O–H groups in total. The van der Waals surface area contributed by atoms with Gasteiger partial charge in [0.15, 0.2) is 0 Å². The molecule has 0 amide bonds. The van der Waals surface area contributed by atoms with Crippen molar-refractivity contribution in [3.63, 3.8) is 0 Å². The van der Waals surface area contributed by atoms with Gasteiger partial charge in [-0.3, -0.25) is 14.4 Å². The third kappa shape index (κ3) is 4.23. The SMILES string of the molecule is C/C(=C\c1csc(C)n1)[C@@H]1C[C@@H]2O[C@]2(C)CCC[C@@H]2C3C(=O)O[C@@H](CC(=O)O1)[C@]3(C)C(=O)[C@H](C)[C@H]2O. The third-order valence-corrected chi connectivity index (χ3v) is 9.76. The second-order valence-electron chi connectivity index (χ2n) is 11.4. The van der Waals surface area contributed by atoms with Crippen LogP contribution in [0.25, 0.3) is 6.08 Å². The van der Waals surface area contributed by atoms with Gasteiger partial charge in [0, 0.05) is 17.7 Å². The lowest BCUT2D eigenvalue weighted by Gasteiger charge is -2.45. The number of carbonyl (C=O) groups excluding carboxylic acids is 3. The van der Waals surface area contributed by atoms with Crippen LogP contribution in [-0.4, -0.2) is 57.8 Å². The van der Waals surface area contributed by atoms with Crippen molar-refractivity contribution < 1.29 is 33.7 Å². The molecule has 9 atom stereocenters. The number of thiazole rings is 1. The van der Waals surface area contributed by atoms with Gasteiger partial charge in [0.2, 0.25) is 0 Å². The second kappa shape index (κ2) is 9.03. The van der Waals surface area contributed by atoms with Crippen molar-refractivity contribution in [1.82, 2.24) is 4.98 Å². The van der Waals surface area contributed by atoms with E-state index >= 15 is 0 Å². The van der Waals surface area contributed by atoms with E-state index in [0.29, 0.717) is 12.8 Å². The minimum absolute atomic E-state index is 0.0598. The van der Waals surface area contributed by atoms with Crippen LogP contribution in [0.4, 0.5) is 0 Å². The van der Waals surface area contributed by atoms with Crippen molar-refractivity contribution in [1.29, 1.82) is 0 Å². The fraction of sp³-hybridized carbons (Fsp3) is 0.704. The second-order valence-corrected chi connectivity index (χ2v) is 12.5. The molecule has 4 heterocycles. The number of aromatic nitrogens is 1. The Morgan fingerprint density at radius 1 is 1.22 bits per heavy atom. The molecule has 3 aliphatic heterocycles. The van der Waals surface area contributed by atoms with Gasteiger partial charge in [0.25, 0.3) is 0 Å². The van der Waals surface area contributed by atoms with Crippen LogP contribution in [0, 0.1) is 30.1 Å². The molecule has 1 aliphatic carbocycles. The Morgan fingerprint density at radius 3 is 2.67 bits per heavy atom. The van der Waals surface area contributed by atoms with E-state index in [1.54, 1.807) is 25.2 Å². The van der Waals surface area contributed by atoms with E-state index in [9.17, 15) is 19.5 Å². The molecule has 1 aromatic rings. The maximum Gasteiger partial charge on any atom is 0.310 e. The molecule has 36 heavy (non-hydrogen) atoms. The van der Waals surface area contributed by atoms with Gasteiger partial charge in [-0.25, -0.2) is 4.98 Å². The van der Waals surface area contributed by atoms with Gasteiger partial charge in [-0.1, -0.05) is 13.3 Å². The molecule has 4 fully saturated rings. The first kappa shape index (κ1) is 25.5. The van der Waals surface area contributed by atoms with Gasteiger partial charge in [-0.2, -0.15) is 0 Å². The molecule has 1 saturated carbocycles. The molecule has 196 valence electrons. The molecule has 5 rings (SSSR count). The van der Waals surface area contributed by atoms with Gasteiger partial charge < -0.3 is 19.3 Å². The summed E-state index contributed by atoms with van der Waals surface area (Å²) in [7, 11) is 0. The Kier molecular flexibility index (Phi) is 6.41. The topological polar surface area (TPSA) is 115 Å². The summed E-state index contributed by atoms with van der Waals surface area (Å²) in [5, 5.41) is 13.9. The smallest absolute Gasteiger partial charge is 0.310 e. The summed E-state index contributed by atoms with van der Waals surface area (Å²) in [5.74, 6) is -3.07. The Hall–Kier alpha value is -2.10. The minimum atomic E-state index is -1.18. The molecular formula is C27H35NO7S. The average molecular weight is 518 g/mol. The molecule has 4 bridgehead atoms. The van der Waals surface area contributed by atoms with Gasteiger partial charge in [0.05, 0.1) is 46.3 Å². The number of hydrogen-bond donors (Lipinski definition) is 1. The third-order valence-electron chi connectivity index (χ3n) is 8.97. The summed E-state index contributed by atoms with van der Waals surface area (Å²) in [6.07, 6.45) is 1.90. The maximum absolute atomic E-state index is 13.4. The molecule has 8 nitrogen and oxygen atoms in total. The predicted octanol–water partition coefficient (Wildman–Crippen LogP) is 3.63. The van der Waals surface area contributed by atoms with E-state index < -0.39 is 53.4 Å². The van der Waals surface area contributed by atoms with Gasteiger partial charge >= 0.3 is 11.9 Å². The number of aliphatic hydroxyl groups excluding tert-OH is 1. The van der Waals surface area contributed by atoms with E-state index in [2.05, 4.69) is 11.9 Å². The number of epoxide rings is 1.